The predicted molar refractivity (Wildman–Crippen MR) is 82.6 cm³/mol. The minimum Gasteiger partial charge on any atom is -0.385 e. The highest BCUT2D eigenvalue weighted by molar-refractivity contribution is 4.99. The second-order valence-electron chi connectivity index (χ2n) is 7.48. The molecule has 3 atom stereocenters. The van der Waals surface area contributed by atoms with Gasteiger partial charge in [-0.15, -0.1) is 0 Å². The molecule has 1 heterocycles. The maximum Gasteiger partial charge on any atom is 0.0477 e. The van der Waals surface area contributed by atoms with E-state index in [4.69, 9.17) is 4.74 Å². The fourth-order valence-electron chi connectivity index (χ4n) is 2.99. The molecule has 0 radical (unpaired) electrons. The molecule has 1 N–H and O–H groups in total. The topological polar surface area (TPSA) is 24.5 Å². The largest absolute Gasteiger partial charge is 0.385 e. The zero-order valence-corrected chi connectivity index (χ0v) is 14.0. The van der Waals surface area contributed by atoms with Crippen LogP contribution >= 0.6 is 0 Å². The molecule has 0 aromatic heterocycles. The van der Waals surface area contributed by atoms with Crippen LogP contribution in [0.1, 0.15) is 54.4 Å². The minimum absolute atomic E-state index is 0.253. The zero-order valence-electron chi connectivity index (χ0n) is 14.0. The molecule has 1 saturated heterocycles. The summed E-state index contributed by atoms with van der Waals surface area (Å²) >= 11 is 0. The Morgan fingerprint density at radius 2 is 2.05 bits per heavy atom. The lowest BCUT2D eigenvalue weighted by Crippen LogP contribution is -2.67. The molecule has 3 nitrogen and oxygen atoms in total. The lowest BCUT2D eigenvalue weighted by Gasteiger charge is -2.52. The van der Waals surface area contributed by atoms with Gasteiger partial charge in [0.2, 0.25) is 0 Å². The van der Waals surface area contributed by atoms with E-state index in [-0.39, 0.29) is 5.54 Å². The third kappa shape index (κ3) is 4.44. The molecule has 114 valence electrons. The van der Waals surface area contributed by atoms with Gasteiger partial charge in [-0.3, -0.25) is 4.90 Å². The maximum atomic E-state index is 5.26. The second-order valence-corrected chi connectivity index (χ2v) is 7.48. The summed E-state index contributed by atoms with van der Waals surface area (Å²) in [6.45, 7) is 17.1. The van der Waals surface area contributed by atoms with Gasteiger partial charge in [-0.25, -0.2) is 0 Å². The van der Waals surface area contributed by atoms with Crippen molar-refractivity contribution in [3.05, 3.63) is 0 Å². The van der Waals surface area contributed by atoms with Crippen molar-refractivity contribution >= 4 is 0 Å². The lowest BCUT2D eigenvalue weighted by molar-refractivity contribution is -0.00797. The Balaban J connectivity index is 2.82. The number of nitrogens with one attached hydrogen (secondary N) is 1. The average Bonchev–Trinajstić information content (AvgIpc) is 2.34. The van der Waals surface area contributed by atoms with Gasteiger partial charge >= 0.3 is 0 Å². The van der Waals surface area contributed by atoms with Gasteiger partial charge in [0.1, 0.15) is 0 Å². The first-order chi connectivity index (χ1) is 8.73. The van der Waals surface area contributed by atoms with Gasteiger partial charge in [0.05, 0.1) is 0 Å². The van der Waals surface area contributed by atoms with Gasteiger partial charge in [-0.05, 0) is 32.1 Å². The van der Waals surface area contributed by atoms with E-state index in [1.54, 1.807) is 7.11 Å². The summed E-state index contributed by atoms with van der Waals surface area (Å²) in [5, 5.41) is 3.77. The molecule has 0 spiro atoms. The third-order valence-corrected chi connectivity index (χ3v) is 4.74. The fourth-order valence-corrected chi connectivity index (χ4v) is 2.99. The Morgan fingerprint density at radius 1 is 1.42 bits per heavy atom. The predicted octanol–water partition coefficient (Wildman–Crippen LogP) is 2.90. The SMILES string of the molecule is CCC1(C)CN(C(C)CCOC)C(C(C)(C)C)CN1. The fraction of sp³-hybridized carbons (Fsp3) is 1.00. The van der Waals surface area contributed by atoms with Crippen molar-refractivity contribution in [2.24, 2.45) is 5.41 Å². The molecule has 0 bridgehead atoms. The summed E-state index contributed by atoms with van der Waals surface area (Å²) in [7, 11) is 1.79. The van der Waals surface area contributed by atoms with Crippen molar-refractivity contribution in [2.45, 2.75) is 72.0 Å². The zero-order chi connectivity index (χ0) is 14.7. The summed E-state index contributed by atoms with van der Waals surface area (Å²) in [5.41, 5.74) is 0.562. The van der Waals surface area contributed by atoms with Crippen LogP contribution in [0.4, 0.5) is 0 Å². The minimum atomic E-state index is 0.253. The van der Waals surface area contributed by atoms with Crippen LogP contribution in [0.2, 0.25) is 0 Å². The summed E-state index contributed by atoms with van der Waals surface area (Å²) in [6.07, 6.45) is 2.29. The standard InChI is InChI=1S/C16H34N2O/c1-8-16(6)12-18(13(2)9-10-19-7)14(11-17-16)15(3,4)5/h13-14,17H,8-12H2,1-7H3. The Hall–Kier alpha value is -0.120. The smallest absolute Gasteiger partial charge is 0.0477 e. The van der Waals surface area contributed by atoms with Crippen molar-refractivity contribution in [3.8, 4) is 0 Å². The van der Waals surface area contributed by atoms with E-state index in [1.807, 2.05) is 0 Å². The van der Waals surface area contributed by atoms with Gasteiger partial charge in [0.15, 0.2) is 0 Å². The normalized spacial score (nSPS) is 31.4. The van der Waals surface area contributed by atoms with E-state index in [9.17, 15) is 0 Å². The average molecular weight is 270 g/mol. The first-order valence-corrected chi connectivity index (χ1v) is 7.73. The highest BCUT2D eigenvalue weighted by Gasteiger charge is 2.41. The first-order valence-electron chi connectivity index (χ1n) is 7.73. The van der Waals surface area contributed by atoms with Gasteiger partial charge < -0.3 is 10.1 Å². The van der Waals surface area contributed by atoms with E-state index in [2.05, 4.69) is 51.8 Å². The molecule has 0 aliphatic carbocycles. The van der Waals surface area contributed by atoms with Crippen LogP contribution in [-0.2, 0) is 4.74 Å². The molecule has 1 aliphatic heterocycles. The molecule has 0 saturated carbocycles. The lowest BCUT2D eigenvalue weighted by atomic mass is 9.80. The molecule has 19 heavy (non-hydrogen) atoms. The number of piperazine rings is 1. The molecule has 0 aromatic rings. The number of hydrogen-bond acceptors (Lipinski definition) is 3. The molecule has 3 unspecified atom stereocenters. The van der Waals surface area contributed by atoms with Crippen molar-refractivity contribution in [3.63, 3.8) is 0 Å². The van der Waals surface area contributed by atoms with Crippen LogP contribution in [0.3, 0.4) is 0 Å². The van der Waals surface area contributed by atoms with Gasteiger partial charge in [-0.2, -0.15) is 0 Å². The summed E-state index contributed by atoms with van der Waals surface area (Å²) in [6, 6.07) is 1.18. The molecule has 0 amide bonds. The number of rotatable bonds is 5. The van der Waals surface area contributed by atoms with E-state index >= 15 is 0 Å². The Bertz CT molecular complexity index is 274. The summed E-state index contributed by atoms with van der Waals surface area (Å²) in [5.74, 6) is 0. The van der Waals surface area contributed by atoms with E-state index in [1.165, 1.54) is 6.42 Å². The van der Waals surface area contributed by atoms with Crippen LogP contribution in [-0.4, -0.2) is 49.3 Å². The van der Waals surface area contributed by atoms with Gasteiger partial charge in [0.25, 0.3) is 0 Å². The van der Waals surface area contributed by atoms with Crippen LogP contribution in [0.15, 0.2) is 0 Å². The van der Waals surface area contributed by atoms with Gasteiger partial charge in [0, 0.05) is 44.4 Å². The molecule has 1 aliphatic rings. The van der Waals surface area contributed by atoms with Crippen molar-refractivity contribution < 1.29 is 4.74 Å². The van der Waals surface area contributed by atoms with Gasteiger partial charge in [-0.1, -0.05) is 27.7 Å². The molecule has 3 heteroatoms. The Labute approximate surface area is 120 Å². The third-order valence-electron chi connectivity index (χ3n) is 4.74. The Kier molecular flexibility index (Phi) is 5.84. The molecule has 0 aromatic carbocycles. The highest BCUT2D eigenvalue weighted by Crippen LogP contribution is 2.31. The monoisotopic (exact) mass is 270 g/mol. The molecule has 1 fully saturated rings. The van der Waals surface area contributed by atoms with E-state index in [0.29, 0.717) is 17.5 Å². The van der Waals surface area contributed by atoms with Crippen LogP contribution < -0.4 is 5.32 Å². The highest BCUT2D eigenvalue weighted by atomic mass is 16.5. The maximum absolute atomic E-state index is 5.26. The van der Waals surface area contributed by atoms with Crippen molar-refractivity contribution in [2.75, 3.05) is 26.8 Å². The van der Waals surface area contributed by atoms with Crippen LogP contribution in [0.5, 0.6) is 0 Å². The Morgan fingerprint density at radius 3 is 2.53 bits per heavy atom. The second kappa shape index (κ2) is 6.55. The van der Waals surface area contributed by atoms with E-state index in [0.717, 1.165) is 26.1 Å². The number of nitrogens with zero attached hydrogens (tertiary/aromatic N) is 1. The molecular formula is C16H34N2O. The van der Waals surface area contributed by atoms with E-state index < -0.39 is 0 Å². The van der Waals surface area contributed by atoms with Crippen molar-refractivity contribution in [1.82, 2.24) is 10.2 Å². The van der Waals surface area contributed by atoms with Crippen molar-refractivity contribution in [1.29, 1.82) is 0 Å². The van der Waals surface area contributed by atoms with Crippen LogP contribution in [0.25, 0.3) is 0 Å². The quantitative estimate of drug-likeness (QED) is 0.831. The van der Waals surface area contributed by atoms with Crippen LogP contribution in [0, 0.1) is 5.41 Å². The molecule has 1 rings (SSSR count). The number of hydrogen-bond donors (Lipinski definition) is 1. The summed E-state index contributed by atoms with van der Waals surface area (Å²) < 4.78 is 5.26. The first kappa shape index (κ1) is 16.9. The number of ether oxygens (including phenoxy) is 1. The number of methoxy groups -OCH3 is 1. The molecular weight excluding hydrogens is 236 g/mol. The summed E-state index contributed by atoms with van der Waals surface area (Å²) in [4.78, 5) is 2.71.